The second kappa shape index (κ2) is 31.6. The fourth-order valence-electron chi connectivity index (χ4n) is 21.7. The van der Waals surface area contributed by atoms with Crippen molar-refractivity contribution in [3.05, 3.63) is 460 Å². The Labute approximate surface area is 782 Å². The molecule has 0 saturated heterocycles. The summed E-state index contributed by atoms with van der Waals surface area (Å²) in [6.45, 7) is 22.9. The van der Waals surface area contributed by atoms with Crippen LogP contribution in [-0.2, 0) is 21.7 Å². The summed E-state index contributed by atoms with van der Waals surface area (Å²) in [7, 11) is 0. The van der Waals surface area contributed by atoms with Crippen molar-refractivity contribution in [1.82, 2.24) is 0 Å². The van der Waals surface area contributed by atoms with Gasteiger partial charge in [0.05, 0.1) is 0 Å². The highest BCUT2D eigenvalue weighted by molar-refractivity contribution is 9.10. The van der Waals surface area contributed by atoms with E-state index >= 15 is 0 Å². The molecule has 0 N–H and O–H groups in total. The van der Waals surface area contributed by atoms with Crippen LogP contribution in [-0.4, -0.2) is 6.71 Å². The number of hydrogen-bond acceptors (Lipinski definition) is 8. The molecular formula is C122H96BBrN4O4. The zero-order valence-corrected chi connectivity index (χ0v) is 77.1. The molecule has 4 aliphatic carbocycles. The van der Waals surface area contributed by atoms with Gasteiger partial charge < -0.3 is 38.5 Å². The molecular weight excluding hydrogens is 1680 g/mol. The Morgan fingerprint density at radius 1 is 0.227 bits per heavy atom. The molecule has 0 fully saturated rings. The van der Waals surface area contributed by atoms with E-state index in [2.05, 4.69) is 505 Å². The number of ether oxygens (including phenoxy) is 4. The molecule has 10 heteroatoms. The number of para-hydroxylation sites is 8. The molecule has 0 radical (unpaired) electrons. The van der Waals surface area contributed by atoms with Crippen LogP contribution in [0.25, 0.3) is 44.5 Å². The van der Waals surface area contributed by atoms with E-state index in [0.29, 0.717) is 11.5 Å². The molecule has 0 atom stereocenters. The van der Waals surface area contributed by atoms with Crippen LogP contribution in [0.1, 0.15) is 111 Å². The normalized spacial score (nSPS) is 14.1. The van der Waals surface area contributed by atoms with Crippen LogP contribution in [0.2, 0.25) is 0 Å². The maximum atomic E-state index is 7.01. The van der Waals surface area contributed by atoms with E-state index in [1.165, 1.54) is 99.9 Å². The van der Waals surface area contributed by atoms with Gasteiger partial charge in [-0.25, -0.2) is 0 Å². The molecule has 0 bridgehead atoms. The third-order valence-corrected chi connectivity index (χ3v) is 29.0. The van der Waals surface area contributed by atoms with Gasteiger partial charge in [-0.2, -0.15) is 0 Å². The Kier molecular flexibility index (Phi) is 19.5. The molecule has 0 aromatic heterocycles. The van der Waals surface area contributed by atoms with E-state index in [9.17, 15) is 0 Å². The number of benzene rings is 18. The Morgan fingerprint density at radius 3 is 0.742 bits per heavy atom. The summed E-state index contributed by atoms with van der Waals surface area (Å²) in [5, 5.41) is 0. The molecule has 2 aliphatic heterocycles. The number of hydrogen-bond donors (Lipinski definition) is 0. The van der Waals surface area contributed by atoms with Crippen molar-refractivity contribution in [2.75, 3.05) is 19.6 Å². The van der Waals surface area contributed by atoms with Gasteiger partial charge in [0.15, 0.2) is 0 Å². The lowest BCUT2D eigenvalue weighted by atomic mass is 9.34. The van der Waals surface area contributed by atoms with Gasteiger partial charge in [0.2, 0.25) is 0 Å². The number of fused-ring (bicyclic) bond motifs is 16. The van der Waals surface area contributed by atoms with Crippen LogP contribution >= 0.6 is 15.9 Å². The zero-order valence-electron chi connectivity index (χ0n) is 75.5. The largest absolute Gasteiger partial charge is 0.458 e. The van der Waals surface area contributed by atoms with Gasteiger partial charge in [-0.15, -0.1) is 0 Å². The number of anilines is 12. The predicted molar refractivity (Wildman–Crippen MR) is 550 cm³/mol. The number of nitrogens with zero attached hydrogens (tertiary/aromatic N) is 4. The highest BCUT2D eigenvalue weighted by Crippen LogP contribution is 2.59. The topological polar surface area (TPSA) is 49.9 Å². The highest BCUT2D eigenvalue weighted by Gasteiger charge is 2.48. The lowest BCUT2D eigenvalue weighted by molar-refractivity contribution is 0.454. The van der Waals surface area contributed by atoms with Crippen molar-refractivity contribution < 1.29 is 18.9 Å². The van der Waals surface area contributed by atoms with Crippen LogP contribution in [0.5, 0.6) is 46.0 Å². The Bertz CT molecular complexity index is 7020. The smallest absolute Gasteiger partial charge is 0.260 e. The first-order chi connectivity index (χ1) is 64.2. The molecule has 638 valence electrons. The molecule has 24 rings (SSSR count). The number of rotatable bonds is 16. The fourth-order valence-corrected chi connectivity index (χ4v) is 22.1. The van der Waals surface area contributed by atoms with E-state index in [1.54, 1.807) is 0 Å². The van der Waals surface area contributed by atoms with Crippen molar-refractivity contribution in [1.29, 1.82) is 0 Å². The Hall–Kier alpha value is -15.1. The molecule has 8 nitrogen and oxygen atoms in total. The van der Waals surface area contributed by atoms with Gasteiger partial charge in [0, 0.05) is 95.4 Å². The van der Waals surface area contributed by atoms with Crippen molar-refractivity contribution in [2.24, 2.45) is 0 Å². The predicted octanol–water partition coefficient (Wildman–Crippen LogP) is 32.2. The van der Waals surface area contributed by atoms with Crippen LogP contribution in [0.4, 0.5) is 68.2 Å². The first-order valence-corrected chi connectivity index (χ1v) is 46.5. The molecule has 0 saturated carbocycles. The summed E-state index contributed by atoms with van der Waals surface area (Å²) in [6, 6.07) is 144. The second-order valence-corrected chi connectivity index (χ2v) is 38.6. The summed E-state index contributed by atoms with van der Waals surface area (Å²) >= 11 is 3.90. The monoisotopic (exact) mass is 1770 g/mol. The van der Waals surface area contributed by atoms with Crippen LogP contribution in [0, 0.1) is 13.8 Å². The number of halogens is 1. The molecule has 0 spiro atoms. The third kappa shape index (κ3) is 13.6. The molecule has 132 heavy (non-hydrogen) atoms. The van der Waals surface area contributed by atoms with E-state index < -0.39 is 0 Å². The first kappa shape index (κ1) is 81.4. The van der Waals surface area contributed by atoms with Gasteiger partial charge in [0.25, 0.3) is 6.71 Å². The average molecular weight is 1770 g/mol. The van der Waals surface area contributed by atoms with Gasteiger partial charge in [-0.05, 0) is 347 Å². The van der Waals surface area contributed by atoms with E-state index in [0.717, 1.165) is 124 Å². The maximum absolute atomic E-state index is 7.01. The molecule has 6 aliphatic rings. The molecule has 2 heterocycles. The third-order valence-electron chi connectivity index (χ3n) is 28.2. The van der Waals surface area contributed by atoms with E-state index in [4.69, 9.17) is 18.9 Å². The minimum Gasteiger partial charge on any atom is -0.458 e. The SMILES string of the molecule is Cc1cc(Oc2ccc3c(c2)-c2ccc(N(c4ccccc4)c4ccccc4)cc2C3(C)C)c(Br)c(Oc2ccc3c(c2)-c2ccc(N(c4ccccc4)c4ccccc4)cc2C3(C)C)c1.Cc1cc2c3c(c1)Oc1cc4c(cc1B3c1cc3c(cc1O2)-c1ccc(N(c2ccccc2)c2ccccc2)cc1C3(C)C)C(C)(C)c1cc(N(c2ccccc2)c2ccccc2)ccc1-4. The molecule has 18 aromatic rings. The molecule has 0 unspecified atom stereocenters. The van der Waals surface area contributed by atoms with Crippen LogP contribution < -0.4 is 54.9 Å². The van der Waals surface area contributed by atoms with Gasteiger partial charge >= 0.3 is 0 Å². The molecule has 18 aromatic carbocycles. The summed E-state index contributed by atoms with van der Waals surface area (Å²) in [5.41, 5.74) is 38.4. The average Bonchev–Trinajstić information content (AvgIpc) is 1.55. The molecule has 0 amide bonds. The van der Waals surface area contributed by atoms with Gasteiger partial charge in [-0.3, -0.25) is 0 Å². The van der Waals surface area contributed by atoms with Crippen LogP contribution in [0.15, 0.2) is 405 Å². The van der Waals surface area contributed by atoms with Gasteiger partial charge in [-0.1, -0.05) is 250 Å². The van der Waals surface area contributed by atoms with Crippen molar-refractivity contribution in [3.63, 3.8) is 0 Å². The zero-order chi connectivity index (χ0) is 89.6. The first-order valence-electron chi connectivity index (χ1n) is 45.7. The van der Waals surface area contributed by atoms with E-state index in [1.807, 2.05) is 0 Å². The van der Waals surface area contributed by atoms with Crippen molar-refractivity contribution >= 4 is 107 Å². The Balaban J connectivity index is 0.000000150. The fraction of sp³-hybridized carbons (Fsp3) is 0.115. The minimum atomic E-state index is -0.272. The van der Waals surface area contributed by atoms with Gasteiger partial charge in [0.1, 0.15) is 50.5 Å². The standard InChI is InChI=1S/C61H47BN2O2.C61H49BrN2O2/c1-38-30-57-59-58(31-38)66-56-35-48-46-29-27-44(64(41-22-14-8-15-23-41)42-24-16-9-17-25-42)33-50(46)61(4,5)52(48)37-54(56)62(59)53-36-51-47(34-55(53)65-57)45-28-26-43(32-49(45)60(51,2)3)63(39-18-10-6-11-19-39)40-20-12-7-13-21-40;1-40-34-57(65-47-28-32-53-51(38-47)49-30-26-45(36-55(49)60(53,2)3)63(41-18-10-6-11-19-41)42-20-12-7-13-21-42)59(62)58(35-40)66-48-29-33-54-52(39-48)50-31-27-46(37-56(50)61(54,4)5)64(43-22-14-8-15-23-43)44-24-16-9-17-25-44/h6-37H,1-5H3;6-39H,1-5H3. The summed E-state index contributed by atoms with van der Waals surface area (Å²) in [6.07, 6.45) is 0. The second-order valence-electron chi connectivity index (χ2n) is 37.8. The minimum absolute atomic E-state index is 0.0675. The summed E-state index contributed by atoms with van der Waals surface area (Å²) < 4.78 is 28.3. The summed E-state index contributed by atoms with van der Waals surface area (Å²) in [4.78, 5) is 9.37. The van der Waals surface area contributed by atoms with Crippen molar-refractivity contribution in [3.8, 4) is 90.5 Å². The quantitative estimate of drug-likeness (QED) is 0.0887. The van der Waals surface area contributed by atoms with Crippen LogP contribution in [0.3, 0.4) is 0 Å². The number of aryl methyl sites for hydroxylation is 2. The van der Waals surface area contributed by atoms with E-state index in [-0.39, 0.29) is 28.4 Å². The highest BCUT2D eigenvalue weighted by atomic mass is 79.9. The summed E-state index contributed by atoms with van der Waals surface area (Å²) in [5.74, 6) is 6.49. The lowest BCUT2D eigenvalue weighted by Crippen LogP contribution is -2.57. The van der Waals surface area contributed by atoms with Crippen molar-refractivity contribution in [2.45, 2.75) is 90.9 Å². The Morgan fingerprint density at radius 2 is 0.470 bits per heavy atom. The maximum Gasteiger partial charge on any atom is 0.260 e. The lowest BCUT2D eigenvalue weighted by Gasteiger charge is -2.35.